The number of rotatable bonds is 6. The summed E-state index contributed by atoms with van der Waals surface area (Å²) in [6.07, 6.45) is 3.66. The van der Waals surface area contributed by atoms with Crippen molar-refractivity contribution < 1.29 is 13.6 Å². The van der Waals surface area contributed by atoms with Gasteiger partial charge in [-0.1, -0.05) is 23.7 Å². The first kappa shape index (κ1) is 22.0. The number of imidazole rings is 1. The predicted octanol–water partition coefficient (Wildman–Crippen LogP) is 4.06. The van der Waals surface area contributed by atoms with Gasteiger partial charge in [0.15, 0.2) is 0 Å². The Hall–Kier alpha value is -2.84. The van der Waals surface area contributed by atoms with Gasteiger partial charge in [0, 0.05) is 60.1 Å². The maximum atomic E-state index is 13.2. The standard InChI is InChI=1S/C24H24ClF2N5O/c25-19-3-1-17(2-4-19)22-23(18-5-8-28-9-6-18)32(16-29-22)12-21(33)31-10-7-24(15-31)13-30(14-24)11-20(26)27/h1-6,8-9,16,20H,7,10-15H2. The number of carbonyl (C=O) groups is 1. The molecule has 9 heteroatoms. The van der Waals surface area contributed by atoms with E-state index < -0.39 is 6.43 Å². The van der Waals surface area contributed by atoms with Gasteiger partial charge >= 0.3 is 0 Å². The van der Waals surface area contributed by atoms with Gasteiger partial charge in [0.25, 0.3) is 6.43 Å². The molecule has 2 saturated heterocycles. The molecule has 4 heterocycles. The van der Waals surface area contributed by atoms with Crippen LogP contribution in [0, 0.1) is 5.41 Å². The topological polar surface area (TPSA) is 54.3 Å². The van der Waals surface area contributed by atoms with Gasteiger partial charge in [-0.05, 0) is 30.7 Å². The number of carbonyl (C=O) groups excluding carboxylic acids is 1. The summed E-state index contributed by atoms with van der Waals surface area (Å²) in [4.78, 5) is 25.5. The number of nitrogens with zero attached hydrogens (tertiary/aromatic N) is 5. The Morgan fingerprint density at radius 3 is 2.48 bits per heavy atom. The summed E-state index contributed by atoms with van der Waals surface area (Å²) in [5.41, 5.74) is 3.40. The van der Waals surface area contributed by atoms with Crippen molar-refractivity contribution in [2.24, 2.45) is 5.41 Å². The maximum Gasteiger partial charge on any atom is 0.251 e. The van der Waals surface area contributed by atoms with Gasteiger partial charge in [-0.25, -0.2) is 13.8 Å². The van der Waals surface area contributed by atoms with Crippen LogP contribution < -0.4 is 0 Å². The van der Waals surface area contributed by atoms with Crippen LogP contribution in [-0.2, 0) is 11.3 Å². The number of alkyl halides is 2. The van der Waals surface area contributed by atoms with Gasteiger partial charge in [0.05, 0.1) is 24.3 Å². The first-order valence-electron chi connectivity index (χ1n) is 10.9. The second-order valence-electron chi connectivity index (χ2n) is 8.94. The molecule has 0 bridgehead atoms. The molecule has 172 valence electrons. The van der Waals surface area contributed by atoms with Crippen molar-refractivity contribution in [3.05, 3.63) is 60.1 Å². The van der Waals surface area contributed by atoms with Crippen LogP contribution in [0.5, 0.6) is 0 Å². The Kier molecular flexibility index (Phi) is 5.88. The van der Waals surface area contributed by atoms with Crippen molar-refractivity contribution >= 4 is 17.5 Å². The third kappa shape index (κ3) is 4.50. The molecule has 0 saturated carbocycles. The molecular formula is C24H24ClF2N5O. The minimum Gasteiger partial charge on any atom is -0.340 e. The number of aromatic nitrogens is 3. The molecule has 2 fully saturated rings. The number of amides is 1. The third-order valence-corrected chi connectivity index (χ3v) is 6.77. The smallest absolute Gasteiger partial charge is 0.251 e. The Morgan fingerprint density at radius 1 is 1.06 bits per heavy atom. The molecule has 0 aliphatic carbocycles. The van der Waals surface area contributed by atoms with Crippen LogP contribution >= 0.6 is 11.6 Å². The molecule has 33 heavy (non-hydrogen) atoms. The van der Waals surface area contributed by atoms with E-state index in [2.05, 4.69) is 9.97 Å². The second-order valence-corrected chi connectivity index (χ2v) is 9.37. The summed E-state index contributed by atoms with van der Waals surface area (Å²) < 4.78 is 27.1. The van der Waals surface area contributed by atoms with Crippen molar-refractivity contribution in [1.82, 2.24) is 24.3 Å². The predicted molar refractivity (Wildman–Crippen MR) is 122 cm³/mol. The lowest BCUT2D eigenvalue weighted by molar-refractivity contribution is -0.132. The number of hydrogen-bond donors (Lipinski definition) is 0. The summed E-state index contributed by atoms with van der Waals surface area (Å²) in [6.45, 7) is 2.52. The van der Waals surface area contributed by atoms with E-state index in [9.17, 15) is 13.6 Å². The minimum absolute atomic E-state index is 0.00884. The van der Waals surface area contributed by atoms with Gasteiger partial charge in [-0.2, -0.15) is 0 Å². The zero-order valence-corrected chi connectivity index (χ0v) is 18.8. The first-order chi connectivity index (χ1) is 15.9. The van der Waals surface area contributed by atoms with E-state index in [1.165, 1.54) is 0 Å². The zero-order chi connectivity index (χ0) is 23.0. The average Bonchev–Trinajstić information content (AvgIpc) is 3.40. The lowest BCUT2D eigenvalue weighted by Gasteiger charge is -2.47. The highest BCUT2D eigenvalue weighted by Gasteiger charge is 2.48. The van der Waals surface area contributed by atoms with Crippen molar-refractivity contribution in [2.75, 3.05) is 32.7 Å². The molecule has 0 atom stereocenters. The molecule has 1 amide bonds. The highest BCUT2D eigenvalue weighted by molar-refractivity contribution is 6.30. The highest BCUT2D eigenvalue weighted by atomic mass is 35.5. The second kappa shape index (κ2) is 8.83. The fourth-order valence-electron chi connectivity index (χ4n) is 5.01. The van der Waals surface area contributed by atoms with Crippen LogP contribution in [0.1, 0.15) is 6.42 Å². The lowest BCUT2D eigenvalue weighted by atomic mass is 9.79. The fraction of sp³-hybridized carbons (Fsp3) is 0.375. The Labute approximate surface area is 195 Å². The van der Waals surface area contributed by atoms with E-state index >= 15 is 0 Å². The van der Waals surface area contributed by atoms with E-state index in [1.54, 1.807) is 23.6 Å². The number of pyridine rings is 1. The van der Waals surface area contributed by atoms with Crippen LogP contribution in [-0.4, -0.2) is 69.4 Å². The number of hydrogen-bond acceptors (Lipinski definition) is 4. The molecule has 2 aliphatic heterocycles. The van der Waals surface area contributed by atoms with Gasteiger partial charge < -0.3 is 9.47 Å². The summed E-state index contributed by atoms with van der Waals surface area (Å²) in [7, 11) is 0. The van der Waals surface area contributed by atoms with E-state index in [0.717, 1.165) is 28.9 Å². The molecule has 3 aromatic rings. The third-order valence-electron chi connectivity index (χ3n) is 6.52. The summed E-state index contributed by atoms with van der Waals surface area (Å²) in [5, 5.41) is 0.643. The van der Waals surface area contributed by atoms with Crippen LogP contribution in [0.3, 0.4) is 0 Å². The lowest BCUT2D eigenvalue weighted by Crippen LogP contribution is -2.58. The quantitative estimate of drug-likeness (QED) is 0.544. The molecule has 2 aromatic heterocycles. The van der Waals surface area contributed by atoms with E-state index in [-0.39, 0.29) is 24.4 Å². The van der Waals surface area contributed by atoms with Crippen LogP contribution in [0.2, 0.25) is 5.02 Å². The van der Waals surface area contributed by atoms with Crippen molar-refractivity contribution in [3.8, 4) is 22.5 Å². The van der Waals surface area contributed by atoms with E-state index in [1.807, 2.05) is 45.9 Å². The normalized spacial score (nSPS) is 17.6. The van der Waals surface area contributed by atoms with Gasteiger partial charge in [0.2, 0.25) is 5.91 Å². The molecule has 0 N–H and O–H groups in total. The first-order valence-corrected chi connectivity index (χ1v) is 11.3. The summed E-state index contributed by atoms with van der Waals surface area (Å²) in [5.74, 6) is 0.00884. The van der Waals surface area contributed by atoms with Gasteiger partial charge in [-0.15, -0.1) is 0 Å². The van der Waals surface area contributed by atoms with Crippen molar-refractivity contribution in [1.29, 1.82) is 0 Å². The monoisotopic (exact) mass is 471 g/mol. The van der Waals surface area contributed by atoms with E-state index in [4.69, 9.17) is 11.6 Å². The average molecular weight is 472 g/mol. The van der Waals surface area contributed by atoms with Gasteiger partial charge in [-0.3, -0.25) is 14.7 Å². The largest absolute Gasteiger partial charge is 0.340 e. The SMILES string of the molecule is O=C(Cn1cnc(-c2ccc(Cl)cc2)c1-c1ccncc1)N1CCC2(CN(CC(F)F)C2)C1. The Morgan fingerprint density at radius 2 is 1.79 bits per heavy atom. The van der Waals surface area contributed by atoms with Gasteiger partial charge in [0.1, 0.15) is 6.54 Å². The fourth-order valence-corrected chi connectivity index (χ4v) is 5.14. The molecule has 1 spiro atoms. The number of benzene rings is 1. The zero-order valence-electron chi connectivity index (χ0n) is 18.0. The van der Waals surface area contributed by atoms with Crippen LogP contribution in [0.25, 0.3) is 22.5 Å². The molecule has 6 nitrogen and oxygen atoms in total. The van der Waals surface area contributed by atoms with Crippen LogP contribution in [0.4, 0.5) is 8.78 Å². The number of likely N-dealkylation sites (tertiary alicyclic amines) is 2. The Bertz CT molecular complexity index is 1130. The van der Waals surface area contributed by atoms with Crippen molar-refractivity contribution in [2.45, 2.75) is 19.4 Å². The summed E-state index contributed by atoms with van der Waals surface area (Å²) >= 11 is 6.05. The Balaban J connectivity index is 1.35. The highest BCUT2D eigenvalue weighted by Crippen LogP contribution is 2.40. The van der Waals surface area contributed by atoms with Crippen molar-refractivity contribution in [3.63, 3.8) is 0 Å². The molecule has 1 aromatic carbocycles. The molecule has 2 aliphatic rings. The molecule has 0 radical (unpaired) electrons. The number of halogens is 3. The molecule has 0 unspecified atom stereocenters. The minimum atomic E-state index is -2.32. The molecular weight excluding hydrogens is 448 g/mol. The molecule has 5 rings (SSSR count). The van der Waals surface area contributed by atoms with Crippen LogP contribution in [0.15, 0.2) is 55.1 Å². The maximum absolute atomic E-state index is 13.2. The van der Waals surface area contributed by atoms with E-state index in [0.29, 0.717) is 31.2 Å². The summed E-state index contributed by atoms with van der Waals surface area (Å²) in [6, 6.07) is 11.2.